The highest BCUT2D eigenvalue weighted by atomic mass is 16.3. The maximum atomic E-state index is 10.1. The molecule has 1 rings (SSSR count). The zero-order valence-electron chi connectivity index (χ0n) is 5.13. The Labute approximate surface area is 57.8 Å². The lowest BCUT2D eigenvalue weighted by molar-refractivity contribution is -0.112. The Kier molecular flexibility index (Phi) is 1.76. The van der Waals surface area contributed by atoms with Crippen molar-refractivity contribution in [3.63, 3.8) is 0 Å². The minimum atomic E-state index is -0.656. The molecule has 10 heavy (non-hydrogen) atoms. The normalized spacial score (nSPS) is 8.00. The van der Waals surface area contributed by atoms with Gasteiger partial charge in [0.2, 0.25) is 0 Å². The summed E-state index contributed by atoms with van der Waals surface area (Å²) in [5.41, 5.74) is 4.75. The number of hydrogen-bond acceptors (Lipinski definition) is 2. The molecule has 1 heterocycles. The number of primary amides is 1. The molecule has 3 heteroatoms. The Morgan fingerprint density at radius 3 is 3.00 bits per heavy atom. The predicted molar refractivity (Wildman–Crippen MR) is 34.8 cm³/mol. The summed E-state index contributed by atoms with van der Waals surface area (Å²) in [4.78, 5) is 10.1. The highest BCUT2D eigenvalue weighted by molar-refractivity contribution is 5.92. The summed E-state index contributed by atoms with van der Waals surface area (Å²) in [6.45, 7) is 0. The summed E-state index contributed by atoms with van der Waals surface area (Å²) in [7, 11) is 0. The lowest BCUT2D eigenvalue weighted by atomic mass is 10.4. The third-order valence-corrected chi connectivity index (χ3v) is 0.830. The molecule has 0 spiro atoms. The fraction of sp³-hybridized carbons (Fsp3) is 0. The van der Waals surface area contributed by atoms with Gasteiger partial charge in [0.15, 0.2) is 5.76 Å². The van der Waals surface area contributed by atoms with Crippen molar-refractivity contribution in [3.05, 3.63) is 24.2 Å². The van der Waals surface area contributed by atoms with Gasteiger partial charge in [0.05, 0.1) is 6.26 Å². The van der Waals surface area contributed by atoms with Gasteiger partial charge in [-0.3, -0.25) is 4.79 Å². The van der Waals surface area contributed by atoms with Crippen LogP contribution in [-0.4, -0.2) is 5.91 Å². The highest BCUT2D eigenvalue weighted by Gasteiger charge is 1.86. The van der Waals surface area contributed by atoms with Crippen molar-refractivity contribution in [3.8, 4) is 11.8 Å². The van der Waals surface area contributed by atoms with Crippen LogP contribution < -0.4 is 5.73 Å². The number of carbonyl (C=O) groups excluding carboxylic acids is 1. The molecule has 1 aromatic heterocycles. The minimum absolute atomic E-state index is 0.443. The standard InChI is InChI=1S/C7H5NO2/c8-7(9)4-3-6-2-1-5-10-6/h1-2,5H,(H2,8,9). The van der Waals surface area contributed by atoms with Crippen molar-refractivity contribution in [1.29, 1.82) is 0 Å². The third-order valence-electron chi connectivity index (χ3n) is 0.830. The lowest BCUT2D eigenvalue weighted by Gasteiger charge is -1.74. The highest BCUT2D eigenvalue weighted by Crippen LogP contribution is 1.95. The molecule has 0 bridgehead atoms. The molecule has 0 aliphatic carbocycles. The third kappa shape index (κ3) is 1.67. The Morgan fingerprint density at radius 2 is 2.50 bits per heavy atom. The molecule has 0 fully saturated rings. The molecule has 0 aliphatic rings. The van der Waals surface area contributed by atoms with Crippen molar-refractivity contribution >= 4 is 5.91 Å². The van der Waals surface area contributed by atoms with Gasteiger partial charge in [-0.2, -0.15) is 0 Å². The van der Waals surface area contributed by atoms with Crippen LogP contribution in [0, 0.1) is 11.8 Å². The first-order valence-electron chi connectivity index (χ1n) is 2.64. The van der Waals surface area contributed by atoms with Crippen LogP contribution in [0.1, 0.15) is 5.76 Å². The second kappa shape index (κ2) is 2.74. The van der Waals surface area contributed by atoms with Crippen molar-refractivity contribution in [1.82, 2.24) is 0 Å². The van der Waals surface area contributed by atoms with Gasteiger partial charge in [-0.25, -0.2) is 0 Å². The zero-order valence-corrected chi connectivity index (χ0v) is 5.13. The summed E-state index contributed by atoms with van der Waals surface area (Å²) in [6.07, 6.45) is 1.48. The number of furan rings is 1. The number of nitrogens with two attached hydrogens (primary N) is 1. The second-order valence-electron chi connectivity index (χ2n) is 1.59. The Balaban J connectivity index is 2.75. The van der Waals surface area contributed by atoms with Crippen molar-refractivity contribution in [2.75, 3.05) is 0 Å². The topological polar surface area (TPSA) is 56.2 Å². The fourth-order valence-electron chi connectivity index (χ4n) is 0.473. The van der Waals surface area contributed by atoms with Crippen molar-refractivity contribution < 1.29 is 9.21 Å². The minimum Gasteiger partial charge on any atom is -0.456 e. The first-order valence-corrected chi connectivity index (χ1v) is 2.64. The van der Waals surface area contributed by atoms with Crippen LogP contribution in [0.15, 0.2) is 22.8 Å². The second-order valence-corrected chi connectivity index (χ2v) is 1.59. The van der Waals surface area contributed by atoms with E-state index in [1.54, 1.807) is 12.1 Å². The van der Waals surface area contributed by atoms with Gasteiger partial charge in [0, 0.05) is 5.92 Å². The average Bonchev–Trinajstić information content (AvgIpc) is 2.34. The van der Waals surface area contributed by atoms with E-state index in [2.05, 4.69) is 11.8 Å². The molecule has 3 nitrogen and oxygen atoms in total. The predicted octanol–water partition coefficient (Wildman–Crippen LogP) is 0.116. The van der Waals surface area contributed by atoms with E-state index in [9.17, 15) is 4.79 Å². The summed E-state index contributed by atoms with van der Waals surface area (Å²) < 4.78 is 4.80. The Morgan fingerprint density at radius 1 is 1.70 bits per heavy atom. The van der Waals surface area contributed by atoms with Crippen molar-refractivity contribution in [2.24, 2.45) is 5.73 Å². The molecule has 0 atom stereocenters. The molecular formula is C7H5NO2. The largest absolute Gasteiger partial charge is 0.456 e. The van der Waals surface area contributed by atoms with E-state index in [-0.39, 0.29) is 0 Å². The van der Waals surface area contributed by atoms with E-state index in [0.717, 1.165) is 0 Å². The van der Waals surface area contributed by atoms with Crippen LogP contribution in [0.25, 0.3) is 0 Å². The van der Waals surface area contributed by atoms with Crippen molar-refractivity contribution in [2.45, 2.75) is 0 Å². The molecule has 50 valence electrons. The molecule has 0 aliphatic heterocycles. The van der Waals surface area contributed by atoms with Gasteiger partial charge in [-0.05, 0) is 18.1 Å². The number of rotatable bonds is 0. The monoisotopic (exact) mass is 135 g/mol. The molecule has 1 aromatic rings. The zero-order chi connectivity index (χ0) is 7.40. The Bertz CT molecular complexity index is 276. The first-order chi connectivity index (χ1) is 4.79. The Hall–Kier alpha value is -1.69. The molecule has 1 amide bonds. The van der Waals surface area contributed by atoms with E-state index in [0.29, 0.717) is 5.76 Å². The van der Waals surface area contributed by atoms with Crippen LogP contribution in [-0.2, 0) is 4.79 Å². The first kappa shape index (κ1) is 6.43. The van der Waals surface area contributed by atoms with E-state index >= 15 is 0 Å². The number of amides is 1. The summed E-state index contributed by atoms with van der Waals surface area (Å²) in [6, 6.07) is 3.33. The summed E-state index contributed by atoms with van der Waals surface area (Å²) in [5.74, 6) is 4.36. The maximum absolute atomic E-state index is 10.1. The average molecular weight is 135 g/mol. The molecule has 2 N–H and O–H groups in total. The van der Waals surface area contributed by atoms with Gasteiger partial charge >= 0.3 is 0 Å². The van der Waals surface area contributed by atoms with Crippen LogP contribution >= 0.6 is 0 Å². The molecular weight excluding hydrogens is 130 g/mol. The molecule has 0 saturated heterocycles. The SMILES string of the molecule is NC(=O)C#Cc1ccco1. The van der Waals surface area contributed by atoms with E-state index in [1.807, 2.05) is 0 Å². The molecule has 0 radical (unpaired) electrons. The maximum Gasteiger partial charge on any atom is 0.293 e. The number of hydrogen-bond donors (Lipinski definition) is 1. The van der Waals surface area contributed by atoms with E-state index in [1.165, 1.54) is 6.26 Å². The van der Waals surface area contributed by atoms with Crippen LogP contribution in [0.3, 0.4) is 0 Å². The summed E-state index contributed by atoms with van der Waals surface area (Å²) >= 11 is 0. The van der Waals surface area contributed by atoms with Gasteiger partial charge in [-0.1, -0.05) is 0 Å². The molecule has 0 unspecified atom stereocenters. The fourth-order valence-corrected chi connectivity index (χ4v) is 0.473. The lowest BCUT2D eigenvalue weighted by Crippen LogP contribution is -2.05. The van der Waals surface area contributed by atoms with Gasteiger partial charge in [0.1, 0.15) is 0 Å². The van der Waals surface area contributed by atoms with Crippen LogP contribution in [0.5, 0.6) is 0 Å². The van der Waals surface area contributed by atoms with Gasteiger partial charge < -0.3 is 10.2 Å². The summed E-state index contributed by atoms with van der Waals surface area (Å²) in [5, 5.41) is 0. The van der Waals surface area contributed by atoms with Crippen LogP contribution in [0.4, 0.5) is 0 Å². The quantitative estimate of drug-likeness (QED) is 0.513. The van der Waals surface area contributed by atoms with Gasteiger partial charge in [0.25, 0.3) is 5.91 Å². The van der Waals surface area contributed by atoms with Gasteiger partial charge in [-0.15, -0.1) is 0 Å². The van der Waals surface area contributed by atoms with E-state index in [4.69, 9.17) is 10.2 Å². The molecule has 0 aromatic carbocycles. The molecule has 0 saturated carbocycles. The van der Waals surface area contributed by atoms with E-state index < -0.39 is 5.91 Å². The smallest absolute Gasteiger partial charge is 0.293 e. The van der Waals surface area contributed by atoms with Crippen LogP contribution in [0.2, 0.25) is 0 Å². The number of carbonyl (C=O) groups is 1.